The van der Waals surface area contributed by atoms with Crippen LogP contribution in [0, 0.1) is 10.8 Å². The minimum atomic E-state index is -0.0115. The molecule has 0 spiro atoms. The van der Waals surface area contributed by atoms with E-state index in [0.29, 0.717) is 22.8 Å². The van der Waals surface area contributed by atoms with Gasteiger partial charge in [-0.25, -0.2) is 5.84 Å². The van der Waals surface area contributed by atoms with Crippen molar-refractivity contribution >= 4 is 35.3 Å². The normalized spacial score (nSPS) is 16.2. The van der Waals surface area contributed by atoms with Crippen molar-refractivity contribution in [2.75, 3.05) is 0 Å². The number of aromatic amines is 3. The minimum absolute atomic E-state index is 0.0115. The number of hydrazine groups is 1. The number of nitrogens with zero attached hydrogens (tertiary/aromatic N) is 1. The molecule has 138 valence electrons. The largest absolute Gasteiger partial charge is 0.395 e. The highest BCUT2D eigenvalue weighted by atomic mass is 15.4. The molecule has 0 unspecified atom stereocenters. The number of allylic oxidation sites excluding steroid dienone is 2. The summed E-state index contributed by atoms with van der Waals surface area (Å²) >= 11 is 0. The average molecular weight is 370 g/mol. The molecule has 3 aromatic heterocycles. The number of fused-ring (bicyclic) bond motifs is 8. The van der Waals surface area contributed by atoms with E-state index in [9.17, 15) is 0 Å². The van der Waals surface area contributed by atoms with Crippen molar-refractivity contribution in [1.29, 1.82) is 10.8 Å². The Kier molecular flexibility index (Phi) is 3.31. The molecule has 0 atom stereocenters. The van der Waals surface area contributed by atoms with Crippen LogP contribution in [-0.4, -0.2) is 31.4 Å². The summed E-state index contributed by atoms with van der Waals surface area (Å²) in [6, 6.07) is 11.6. The van der Waals surface area contributed by atoms with Gasteiger partial charge in [0.1, 0.15) is 17.1 Å². The van der Waals surface area contributed by atoms with E-state index in [1.807, 2.05) is 48.6 Å². The summed E-state index contributed by atoms with van der Waals surface area (Å²) in [5.74, 6) is 6.23. The number of rotatable bonds is 0. The molecule has 2 aliphatic heterocycles. The molecule has 0 radical (unpaired) electrons. The van der Waals surface area contributed by atoms with E-state index >= 15 is 0 Å². The Morgan fingerprint density at radius 2 is 1.32 bits per heavy atom. The molecule has 8 bridgehead atoms. The molecular weight excluding hydrogens is 352 g/mol. The van der Waals surface area contributed by atoms with E-state index in [0.717, 1.165) is 27.8 Å². The Morgan fingerprint density at radius 1 is 0.714 bits per heavy atom. The first-order chi connectivity index (χ1) is 13.5. The Balaban J connectivity index is 1.80. The third-order valence-corrected chi connectivity index (χ3v) is 4.87. The van der Waals surface area contributed by atoms with Crippen molar-refractivity contribution in [3.63, 3.8) is 0 Å². The number of aromatic nitrogens is 3. The zero-order chi connectivity index (χ0) is 19.4. The number of hydrogen-bond acceptors (Lipinski definition) is 5. The minimum Gasteiger partial charge on any atom is -0.395 e. The molecule has 5 rings (SSSR count). The fourth-order valence-corrected chi connectivity index (χ4v) is 3.47. The van der Waals surface area contributed by atoms with E-state index in [1.165, 1.54) is 5.01 Å². The van der Waals surface area contributed by atoms with Crippen molar-refractivity contribution in [3.05, 3.63) is 81.3 Å². The van der Waals surface area contributed by atoms with Gasteiger partial charge in [0, 0.05) is 27.8 Å². The van der Waals surface area contributed by atoms with Gasteiger partial charge < -0.3 is 20.7 Å². The molecule has 0 aromatic carbocycles. The predicted octanol–water partition coefficient (Wildman–Crippen LogP) is 0.539. The maximum Gasteiger partial charge on any atom is 0.110 e. The van der Waals surface area contributed by atoms with Gasteiger partial charge >= 0.3 is 0 Å². The lowest BCUT2D eigenvalue weighted by Crippen LogP contribution is -2.28. The first kappa shape index (κ1) is 16.2. The summed E-state index contributed by atoms with van der Waals surface area (Å²) < 4.78 is 0. The standard InChI is InChI=1S/C20H18N8/c21-17-15-6-5-13(27-15)8-12-2-1-10(25-12)7-11-3-4-14(26-11)9-16-18(22)19(23)20(17)28(16)24/h1-9,22-23,25-27H,21,24H2. The average Bonchev–Trinajstić information content (AvgIpc) is 3.43. The summed E-state index contributed by atoms with van der Waals surface area (Å²) in [4.78, 5) is 9.87. The van der Waals surface area contributed by atoms with E-state index < -0.39 is 0 Å². The second-order valence-corrected chi connectivity index (χ2v) is 6.77. The Hall–Kier alpha value is -4.04. The third kappa shape index (κ3) is 2.43. The van der Waals surface area contributed by atoms with Gasteiger partial charge in [0.15, 0.2) is 0 Å². The van der Waals surface area contributed by atoms with Crippen LogP contribution >= 0.6 is 0 Å². The second-order valence-electron chi connectivity index (χ2n) is 6.77. The van der Waals surface area contributed by atoms with Gasteiger partial charge in [0.05, 0.1) is 17.1 Å². The van der Waals surface area contributed by atoms with Crippen molar-refractivity contribution in [2.24, 2.45) is 11.6 Å². The van der Waals surface area contributed by atoms with E-state index in [-0.39, 0.29) is 11.4 Å². The van der Waals surface area contributed by atoms with Crippen molar-refractivity contribution in [1.82, 2.24) is 20.0 Å². The van der Waals surface area contributed by atoms with Crippen LogP contribution in [0.2, 0.25) is 0 Å². The van der Waals surface area contributed by atoms with Crippen molar-refractivity contribution in [2.45, 2.75) is 0 Å². The van der Waals surface area contributed by atoms with E-state index in [4.69, 9.17) is 22.4 Å². The molecule has 2 aliphatic rings. The summed E-state index contributed by atoms with van der Waals surface area (Å²) in [7, 11) is 0. The van der Waals surface area contributed by atoms with Gasteiger partial charge in [-0.1, -0.05) is 0 Å². The molecule has 1 saturated heterocycles. The molecule has 0 saturated carbocycles. The van der Waals surface area contributed by atoms with Crippen LogP contribution in [0.1, 0.15) is 22.8 Å². The summed E-state index contributed by atoms with van der Waals surface area (Å²) in [6.45, 7) is 0. The number of nitrogens with two attached hydrogens (primary N) is 2. The van der Waals surface area contributed by atoms with Gasteiger partial charge in [-0.3, -0.25) is 15.8 Å². The first-order valence-electron chi connectivity index (χ1n) is 8.71. The van der Waals surface area contributed by atoms with Crippen molar-refractivity contribution in [3.8, 4) is 0 Å². The lowest BCUT2D eigenvalue weighted by molar-refractivity contribution is 0.512. The molecule has 3 aromatic rings. The van der Waals surface area contributed by atoms with Gasteiger partial charge in [-0.2, -0.15) is 0 Å². The number of nitrogens with one attached hydrogen (secondary N) is 5. The van der Waals surface area contributed by atoms with E-state index in [1.54, 1.807) is 6.08 Å². The first-order valence-corrected chi connectivity index (χ1v) is 8.71. The molecule has 0 amide bonds. The Bertz CT molecular complexity index is 1320. The van der Waals surface area contributed by atoms with Crippen LogP contribution in [0.25, 0.3) is 23.9 Å². The van der Waals surface area contributed by atoms with Gasteiger partial charge in [0.25, 0.3) is 0 Å². The molecule has 1 fully saturated rings. The maximum atomic E-state index is 8.34. The molecule has 0 aliphatic carbocycles. The zero-order valence-electron chi connectivity index (χ0n) is 14.8. The van der Waals surface area contributed by atoms with Crippen molar-refractivity contribution < 1.29 is 0 Å². The number of H-pyrrole nitrogens is 3. The SMILES string of the molecule is N=C1C(=N)C2=C(N)c3ccc([nH]3)C=c3ccc([nH]3)=Cc3ccc([nH]3)C=C1N2N. The highest BCUT2D eigenvalue weighted by Crippen LogP contribution is 2.28. The lowest BCUT2D eigenvalue weighted by Gasteiger charge is -2.15. The van der Waals surface area contributed by atoms with Crippen LogP contribution in [-0.2, 0) is 0 Å². The smallest absolute Gasteiger partial charge is 0.110 e. The van der Waals surface area contributed by atoms with Gasteiger partial charge in [-0.05, 0) is 54.6 Å². The summed E-state index contributed by atoms with van der Waals surface area (Å²) in [6.07, 6.45) is 5.71. The summed E-state index contributed by atoms with van der Waals surface area (Å²) in [5.41, 5.74) is 10.6. The fourth-order valence-electron chi connectivity index (χ4n) is 3.47. The number of hydrogen-bond donors (Lipinski definition) is 7. The summed E-state index contributed by atoms with van der Waals surface area (Å²) in [5, 5.41) is 19.9. The second kappa shape index (κ2) is 5.73. The lowest BCUT2D eigenvalue weighted by atomic mass is 10.1. The molecule has 28 heavy (non-hydrogen) atoms. The highest BCUT2D eigenvalue weighted by Gasteiger charge is 2.34. The molecule has 8 heteroatoms. The highest BCUT2D eigenvalue weighted by molar-refractivity contribution is 6.55. The topological polar surface area (TPSA) is 150 Å². The van der Waals surface area contributed by atoms with Gasteiger partial charge in [-0.15, -0.1) is 0 Å². The predicted molar refractivity (Wildman–Crippen MR) is 109 cm³/mol. The van der Waals surface area contributed by atoms with Crippen LogP contribution in [0.4, 0.5) is 0 Å². The monoisotopic (exact) mass is 370 g/mol. The molecule has 9 N–H and O–H groups in total. The van der Waals surface area contributed by atoms with Crippen LogP contribution in [0.15, 0.2) is 47.8 Å². The molecule has 8 nitrogen and oxygen atoms in total. The fraction of sp³-hybridized carbons (Fsp3) is 0. The molecular formula is C20H18N8. The Labute approximate surface area is 159 Å². The maximum absolute atomic E-state index is 8.34. The van der Waals surface area contributed by atoms with Crippen LogP contribution in [0.3, 0.4) is 0 Å². The zero-order valence-corrected chi connectivity index (χ0v) is 14.8. The van der Waals surface area contributed by atoms with Crippen LogP contribution in [0.5, 0.6) is 0 Å². The molecule has 5 heterocycles. The van der Waals surface area contributed by atoms with E-state index in [2.05, 4.69) is 15.0 Å². The third-order valence-electron chi connectivity index (χ3n) is 4.87. The van der Waals surface area contributed by atoms with Crippen LogP contribution < -0.4 is 22.3 Å². The quantitative estimate of drug-likeness (QED) is 0.289. The Morgan fingerprint density at radius 3 is 2.04 bits per heavy atom. The van der Waals surface area contributed by atoms with Gasteiger partial charge in [0.2, 0.25) is 0 Å².